The van der Waals surface area contributed by atoms with Gasteiger partial charge in [0.05, 0.1) is 25.2 Å². The Morgan fingerprint density at radius 2 is 2.22 bits per heavy atom. The minimum absolute atomic E-state index is 0.0435. The summed E-state index contributed by atoms with van der Waals surface area (Å²) < 4.78 is 10.2. The summed E-state index contributed by atoms with van der Waals surface area (Å²) in [6, 6.07) is 0. The lowest BCUT2D eigenvalue weighted by Crippen LogP contribution is -2.43. The molecule has 1 fully saturated rings. The van der Waals surface area contributed by atoms with Gasteiger partial charge < -0.3 is 14.6 Å². The zero-order valence-electron chi connectivity index (χ0n) is 11.4. The molecule has 0 amide bonds. The van der Waals surface area contributed by atoms with E-state index in [2.05, 4.69) is 4.90 Å². The van der Waals surface area contributed by atoms with Gasteiger partial charge in [0.15, 0.2) is 0 Å². The lowest BCUT2D eigenvalue weighted by Gasteiger charge is -2.32. The van der Waals surface area contributed by atoms with Gasteiger partial charge >= 0.3 is 5.97 Å². The summed E-state index contributed by atoms with van der Waals surface area (Å²) in [5.41, 5.74) is 0. The van der Waals surface area contributed by atoms with E-state index in [0.29, 0.717) is 32.9 Å². The van der Waals surface area contributed by atoms with Gasteiger partial charge in [0, 0.05) is 19.7 Å². The summed E-state index contributed by atoms with van der Waals surface area (Å²) in [4.78, 5) is 13.8. The summed E-state index contributed by atoms with van der Waals surface area (Å²) in [5, 5.41) is 9.78. The fourth-order valence-corrected chi connectivity index (χ4v) is 2.28. The zero-order chi connectivity index (χ0) is 13.4. The number of aliphatic hydroxyl groups excluding tert-OH is 1. The van der Waals surface area contributed by atoms with Crippen molar-refractivity contribution < 1.29 is 19.4 Å². The van der Waals surface area contributed by atoms with Gasteiger partial charge in [-0.25, -0.2) is 0 Å². The molecule has 1 aliphatic heterocycles. The molecule has 1 N–H and O–H groups in total. The molecule has 106 valence electrons. The van der Waals surface area contributed by atoms with Crippen molar-refractivity contribution in [2.75, 3.05) is 39.5 Å². The maximum Gasteiger partial charge on any atom is 0.310 e. The highest BCUT2D eigenvalue weighted by Gasteiger charge is 2.27. The molecule has 0 aromatic rings. The molecule has 0 aliphatic carbocycles. The number of carbonyl (C=O) groups is 1. The molecule has 5 nitrogen and oxygen atoms in total. The van der Waals surface area contributed by atoms with Crippen LogP contribution in [0.25, 0.3) is 0 Å². The Balaban J connectivity index is 2.32. The van der Waals surface area contributed by atoms with Crippen molar-refractivity contribution >= 4 is 5.97 Å². The SMILES string of the molecule is CCOCC(O)CN1CCCC(C(=O)OCC)C1. The summed E-state index contributed by atoms with van der Waals surface area (Å²) in [7, 11) is 0. The monoisotopic (exact) mass is 259 g/mol. The molecule has 0 bridgehead atoms. The minimum Gasteiger partial charge on any atom is -0.466 e. The van der Waals surface area contributed by atoms with Gasteiger partial charge in [0.1, 0.15) is 0 Å². The second kappa shape index (κ2) is 8.45. The highest BCUT2D eigenvalue weighted by Crippen LogP contribution is 2.18. The quantitative estimate of drug-likeness (QED) is 0.681. The zero-order valence-corrected chi connectivity index (χ0v) is 11.4. The van der Waals surface area contributed by atoms with Crippen LogP contribution in [0, 0.1) is 5.92 Å². The fraction of sp³-hybridized carbons (Fsp3) is 0.923. The standard InChI is InChI=1S/C13H25NO4/c1-3-17-10-12(15)9-14-7-5-6-11(8-14)13(16)18-4-2/h11-12,15H,3-10H2,1-2H3. The van der Waals surface area contributed by atoms with E-state index in [9.17, 15) is 9.90 Å². The number of β-amino-alcohol motifs (C(OH)–C–C–N with tert-alkyl or cyclic N) is 1. The Labute approximate surface area is 109 Å². The minimum atomic E-state index is -0.481. The van der Waals surface area contributed by atoms with Gasteiger partial charge in [-0.05, 0) is 33.2 Å². The van der Waals surface area contributed by atoms with E-state index in [-0.39, 0.29) is 11.9 Å². The van der Waals surface area contributed by atoms with Crippen LogP contribution in [0.15, 0.2) is 0 Å². The Bertz CT molecular complexity index is 247. The Morgan fingerprint density at radius 1 is 1.44 bits per heavy atom. The van der Waals surface area contributed by atoms with E-state index >= 15 is 0 Å². The van der Waals surface area contributed by atoms with Gasteiger partial charge in [-0.15, -0.1) is 0 Å². The normalized spacial score (nSPS) is 22.7. The van der Waals surface area contributed by atoms with Crippen LogP contribution in [0.3, 0.4) is 0 Å². The highest BCUT2D eigenvalue weighted by molar-refractivity contribution is 5.72. The summed E-state index contributed by atoms with van der Waals surface area (Å²) >= 11 is 0. The first-order valence-corrected chi connectivity index (χ1v) is 6.82. The molecule has 1 rings (SSSR count). The van der Waals surface area contributed by atoms with Crippen molar-refractivity contribution in [3.63, 3.8) is 0 Å². The number of nitrogens with zero attached hydrogens (tertiary/aromatic N) is 1. The van der Waals surface area contributed by atoms with Crippen LogP contribution in [0.2, 0.25) is 0 Å². The smallest absolute Gasteiger partial charge is 0.310 e. The average molecular weight is 259 g/mol. The molecule has 1 heterocycles. The lowest BCUT2D eigenvalue weighted by molar-refractivity contribution is -0.150. The topological polar surface area (TPSA) is 59.0 Å². The van der Waals surface area contributed by atoms with Gasteiger partial charge in [-0.1, -0.05) is 0 Å². The fourth-order valence-electron chi connectivity index (χ4n) is 2.28. The van der Waals surface area contributed by atoms with E-state index in [1.807, 2.05) is 13.8 Å². The van der Waals surface area contributed by atoms with Crippen LogP contribution in [0.1, 0.15) is 26.7 Å². The highest BCUT2D eigenvalue weighted by atomic mass is 16.5. The maximum atomic E-state index is 11.7. The second-order valence-corrected chi connectivity index (χ2v) is 4.66. The van der Waals surface area contributed by atoms with Crippen molar-refractivity contribution in [3.8, 4) is 0 Å². The van der Waals surface area contributed by atoms with Crippen LogP contribution in [0.5, 0.6) is 0 Å². The van der Waals surface area contributed by atoms with Gasteiger partial charge in [-0.2, -0.15) is 0 Å². The molecule has 1 saturated heterocycles. The number of ether oxygens (including phenoxy) is 2. The Morgan fingerprint density at radius 3 is 2.89 bits per heavy atom. The Hall–Kier alpha value is -0.650. The van der Waals surface area contributed by atoms with Crippen molar-refractivity contribution in [1.82, 2.24) is 4.90 Å². The lowest BCUT2D eigenvalue weighted by atomic mass is 9.98. The maximum absolute atomic E-state index is 11.7. The molecular formula is C13H25NO4. The molecule has 18 heavy (non-hydrogen) atoms. The molecule has 1 aliphatic rings. The van der Waals surface area contributed by atoms with Gasteiger partial charge in [0.2, 0.25) is 0 Å². The van der Waals surface area contributed by atoms with Crippen molar-refractivity contribution in [2.45, 2.75) is 32.8 Å². The number of hydrogen-bond donors (Lipinski definition) is 1. The molecule has 0 radical (unpaired) electrons. The summed E-state index contributed by atoms with van der Waals surface area (Å²) in [6.07, 6.45) is 1.38. The van der Waals surface area contributed by atoms with Crippen molar-refractivity contribution in [3.05, 3.63) is 0 Å². The summed E-state index contributed by atoms with van der Waals surface area (Å²) in [6.45, 7) is 7.31. The van der Waals surface area contributed by atoms with Crippen LogP contribution in [-0.2, 0) is 14.3 Å². The molecule has 5 heteroatoms. The number of carbonyl (C=O) groups excluding carboxylic acids is 1. The number of esters is 1. The number of likely N-dealkylation sites (tertiary alicyclic amines) is 1. The predicted molar refractivity (Wildman–Crippen MR) is 68.3 cm³/mol. The third-order valence-electron chi connectivity index (χ3n) is 3.11. The van der Waals surface area contributed by atoms with Crippen LogP contribution < -0.4 is 0 Å². The van der Waals surface area contributed by atoms with E-state index in [0.717, 1.165) is 19.4 Å². The molecule has 0 aromatic carbocycles. The van der Waals surface area contributed by atoms with E-state index in [1.54, 1.807) is 0 Å². The van der Waals surface area contributed by atoms with Gasteiger partial charge in [-0.3, -0.25) is 9.69 Å². The molecule has 0 saturated carbocycles. The first-order chi connectivity index (χ1) is 8.67. The largest absolute Gasteiger partial charge is 0.466 e. The number of rotatable bonds is 7. The predicted octanol–water partition coefficient (Wildman–Crippen LogP) is 0.659. The van der Waals surface area contributed by atoms with Gasteiger partial charge in [0.25, 0.3) is 0 Å². The third kappa shape index (κ3) is 5.33. The van der Waals surface area contributed by atoms with E-state index in [4.69, 9.17) is 9.47 Å². The molecular weight excluding hydrogens is 234 g/mol. The number of aliphatic hydroxyl groups is 1. The molecule has 2 unspecified atom stereocenters. The van der Waals surface area contributed by atoms with Crippen LogP contribution in [-0.4, -0.2) is 61.5 Å². The average Bonchev–Trinajstić information content (AvgIpc) is 2.37. The number of piperidine rings is 1. The first-order valence-electron chi connectivity index (χ1n) is 6.82. The molecule has 0 aromatic heterocycles. The molecule has 0 spiro atoms. The Kier molecular flexibility index (Phi) is 7.23. The summed E-state index contributed by atoms with van der Waals surface area (Å²) in [5.74, 6) is -0.153. The first kappa shape index (κ1) is 15.4. The second-order valence-electron chi connectivity index (χ2n) is 4.66. The van der Waals surface area contributed by atoms with Crippen LogP contribution >= 0.6 is 0 Å². The number of hydrogen-bond acceptors (Lipinski definition) is 5. The van der Waals surface area contributed by atoms with Crippen molar-refractivity contribution in [2.24, 2.45) is 5.92 Å². The van der Waals surface area contributed by atoms with E-state index < -0.39 is 6.10 Å². The van der Waals surface area contributed by atoms with E-state index in [1.165, 1.54) is 0 Å². The van der Waals surface area contributed by atoms with Crippen molar-refractivity contribution in [1.29, 1.82) is 0 Å². The third-order valence-corrected chi connectivity index (χ3v) is 3.11. The van der Waals surface area contributed by atoms with Crippen LogP contribution in [0.4, 0.5) is 0 Å². The molecule has 2 atom stereocenters.